The van der Waals surface area contributed by atoms with Gasteiger partial charge in [-0.2, -0.15) is 5.26 Å². The topological polar surface area (TPSA) is 36.3 Å². The van der Waals surface area contributed by atoms with Crippen LogP contribution in [-0.2, 0) is 4.74 Å². The quantitative estimate of drug-likeness (QED) is 0.604. The highest BCUT2D eigenvalue weighted by atomic mass is 16.5. The lowest BCUT2D eigenvalue weighted by Gasteiger charge is -2.33. The zero-order valence-corrected chi connectivity index (χ0v) is 7.91. The fraction of sp³-hybridized carbons (Fsp3) is 0.900. The molecular formula is C10H16N2O. The third-order valence-corrected chi connectivity index (χ3v) is 3.16. The average molecular weight is 180 g/mol. The second kappa shape index (κ2) is 4.08. The van der Waals surface area contributed by atoms with E-state index in [2.05, 4.69) is 11.0 Å². The van der Waals surface area contributed by atoms with Crippen molar-refractivity contribution in [2.24, 2.45) is 5.92 Å². The molecule has 0 spiro atoms. The van der Waals surface area contributed by atoms with Crippen molar-refractivity contribution in [3.8, 4) is 6.07 Å². The molecule has 2 fully saturated rings. The summed E-state index contributed by atoms with van der Waals surface area (Å²) >= 11 is 0. The Morgan fingerprint density at radius 2 is 2.00 bits per heavy atom. The van der Waals surface area contributed by atoms with Crippen molar-refractivity contribution in [1.82, 2.24) is 4.90 Å². The number of nitriles is 1. The van der Waals surface area contributed by atoms with Gasteiger partial charge in [-0.25, -0.2) is 0 Å². The van der Waals surface area contributed by atoms with Crippen molar-refractivity contribution in [3.05, 3.63) is 0 Å². The Kier molecular flexibility index (Phi) is 2.82. The van der Waals surface area contributed by atoms with Crippen LogP contribution >= 0.6 is 0 Å². The van der Waals surface area contributed by atoms with E-state index in [0.717, 1.165) is 32.7 Å². The number of hydrogen-bond acceptors (Lipinski definition) is 3. The molecule has 2 atom stereocenters. The Balaban J connectivity index is 1.94. The summed E-state index contributed by atoms with van der Waals surface area (Å²) in [5.74, 6) is 0.276. The lowest BCUT2D eigenvalue weighted by Crippen LogP contribution is -2.44. The number of nitrogens with zero attached hydrogens (tertiary/aromatic N) is 2. The predicted octanol–water partition coefficient (Wildman–Crippen LogP) is 1.01. The number of ether oxygens (including phenoxy) is 1. The van der Waals surface area contributed by atoms with Crippen LogP contribution < -0.4 is 0 Å². The Hall–Kier alpha value is -0.590. The van der Waals surface area contributed by atoms with Gasteiger partial charge < -0.3 is 4.74 Å². The lowest BCUT2D eigenvalue weighted by molar-refractivity contribution is 0.0127. The van der Waals surface area contributed by atoms with E-state index >= 15 is 0 Å². The molecule has 1 aliphatic heterocycles. The maximum atomic E-state index is 8.96. The van der Waals surface area contributed by atoms with Crippen molar-refractivity contribution < 1.29 is 4.74 Å². The molecule has 72 valence electrons. The van der Waals surface area contributed by atoms with Crippen LogP contribution in [0.15, 0.2) is 0 Å². The van der Waals surface area contributed by atoms with Crippen molar-refractivity contribution in [1.29, 1.82) is 5.26 Å². The smallest absolute Gasteiger partial charge is 0.0672 e. The molecule has 2 unspecified atom stereocenters. The fourth-order valence-corrected chi connectivity index (χ4v) is 2.44. The highest BCUT2D eigenvalue weighted by Gasteiger charge is 2.32. The first kappa shape index (κ1) is 8.98. The third-order valence-electron chi connectivity index (χ3n) is 3.16. The molecule has 13 heavy (non-hydrogen) atoms. The van der Waals surface area contributed by atoms with Crippen molar-refractivity contribution >= 4 is 0 Å². The van der Waals surface area contributed by atoms with Gasteiger partial charge in [0.1, 0.15) is 0 Å². The first-order valence-corrected chi connectivity index (χ1v) is 5.13. The molecule has 0 radical (unpaired) electrons. The van der Waals surface area contributed by atoms with Crippen LogP contribution in [0.5, 0.6) is 0 Å². The monoisotopic (exact) mass is 180 g/mol. The van der Waals surface area contributed by atoms with Gasteiger partial charge in [-0.15, -0.1) is 0 Å². The minimum atomic E-state index is 0.276. The van der Waals surface area contributed by atoms with Gasteiger partial charge >= 0.3 is 0 Å². The first-order valence-electron chi connectivity index (χ1n) is 5.13. The van der Waals surface area contributed by atoms with E-state index in [1.807, 2.05) is 0 Å². The predicted molar refractivity (Wildman–Crippen MR) is 49.1 cm³/mol. The minimum absolute atomic E-state index is 0.276. The maximum Gasteiger partial charge on any atom is 0.0672 e. The highest BCUT2D eigenvalue weighted by Crippen LogP contribution is 2.29. The number of morpholine rings is 1. The average Bonchev–Trinajstić information content (AvgIpc) is 2.67. The van der Waals surface area contributed by atoms with Crippen LogP contribution in [0.2, 0.25) is 0 Å². The summed E-state index contributed by atoms with van der Waals surface area (Å²) in [7, 11) is 0. The van der Waals surface area contributed by atoms with Gasteiger partial charge in [-0.05, 0) is 12.8 Å². The molecule has 1 aliphatic carbocycles. The zero-order chi connectivity index (χ0) is 9.10. The molecule has 1 saturated carbocycles. The molecule has 0 aromatic rings. The summed E-state index contributed by atoms with van der Waals surface area (Å²) in [5, 5.41) is 8.96. The Bertz CT molecular complexity index is 205. The normalized spacial score (nSPS) is 35.9. The SMILES string of the molecule is N#CC1CCCC1N1CCOCC1. The van der Waals surface area contributed by atoms with E-state index < -0.39 is 0 Å². The molecule has 0 amide bonds. The van der Waals surface area contributed by atoms with Crippen molar-refractivity contribution in [2.75, 3.05) is 26.3 Å². The molecule has 2 rings (SSSR count). The van der Waals surface area contributed by atoms with Gasteiger partial charge in [0, 0.05) is 19.1 Å². The second-order valence-electron chi connectivity index (χ2n) is 3.88. The summed E-state index contributed by atoms with van der Waals surface area (Å²) < 4.78 is 5.30. The zero-order valence-electron chi connectivity index (χ0n) is 7.91. The highest BCUT2D eigenvalue weighted by molar-refractivity contribution is 4.97. The van der Waals surface area contributed by atoms with Crippen molar-refractivity contribution in [2.45, 2.75) is 25.3 Å². The third kappa shape index (κ3) is 1.84. The molecule has 3 heteroatoms. The molecule has 0 aromatic carbocycles. The molecule has 1 saturated heterocycles. The number of rotatable bonds is 1. The first-order chi connectivity index (χ1) is 6.42. The fourth-order valence-electron chi connectivity index (χ4n) is 2.44. The minimum Gasteiger partial charge on any atom is -0.379 e. The van der Waals surface area contributed by atoms with Gasteiger partial charge in [0.25, 0.3) is 0 Å². The number of hydrogen-bond donors (Lipinski definition) is 0. The van der Waals surface area contributed by atoms with Crippen LogP contribution in [0.1, 0.15) is 19.3 Å². The van der Waals surface area contributed by atoms with Gasteiger partial charge in [0.05, 0.1) is 25.2 Å². The molecule has 0 N–H and O–H groups in total. The largest absolute Gasteiger partial charge is 0.379 e. The molecule has 3 nitrogen and oxygen atoms in total. The van der Waals surface area contributed by atoms with E-state index in [1.54, 1.807) is 0 Å². The van der Waals surface area contributed by atoms with Gasteiger partial charge in [-0.1, -0.05) is 6.42 Å². The van der Waals surface area contributed by atoms with Crippen LogP contribution in [0.25, 0.3) is 0 Å². The standard InChI is InChI=1S/C10H16N2O/c11-8-9-2-1-3-10(9)12-4-6-13-7-5-12/h9-10H,1-7H2. The lowest BCUT2D eigenvalue weighted by atomic mass is 10.0. The van der Waals surface area contributed by atoms with Gasteiger partial charge in [-0.3, -0.25) is 4.90 Å². The van der Waals surface area contributed by atoms with Crippen LogP contribution in [0.4, 0.5) is 0 Å². The molecule has 0 aromatic heterocycles. The summed E-state index contributed by atoms with van der Waals surface area (Å²) in [5.41, 5.74) is 0. The second-order valence-corrected chi connectivity index (χ2v) is 3.88. The summed E-state index contributed by atoms with van der Waals surface area (Å²) in [6.45, 7) is 3.72. The maximum absolute atomic E-state index is 8.96. The van der Waals surface area contributed by atoms with E-state index in [0.29, 0.717) is 6.04 Å². The van der Waals surface area contributed by atoms with Crippen molar-refractivity contribution in [3.63, 3.8) is 0 Å². The van der Waals surface area contributed by atoms with E-state index in [1.165, 1.54) is 12.8 Å². The molecular weight excluding hydrogens is 164 g/mol. The Labute approximate surface area is 79.3 Å². The molecule has 1 heterocycles. The van der Waals surface area contributed by atoms with Crippen LogP contribution in [0.3, 0.4) is 0 Å². The van der Waals surface area contributed by atoms with Crippen LogP contribution in [-0.4, -0.2) is 37.2 Å². The summed E-state index contributed by atoms with van der Waals surface area (Å²) in [4.78, 5) is 2.43. The summed E-state index contributed by atoms with van der Waals surface area (Å²) in [6.07, 6.45) is 3.52. The van der Waals surface area contributed by atoms with E-state index in [-0.39, 0.29) is 5.92 Å². The summed E-state index contributed by atoms with van der Waals surface area (Å²) in [6, 6.07) is 2.95. The van der Waals surface area contributed by atoms with E-state index in [9.17, 15) is 0 Å². The Morgan fingerprint density at radius 1 is 1.23 bits per heavy atom. The van der Waals surface area contributed by atoms with Gasteiger partial charge in [0.15, 0.2) is 0 Å². The molecule has 0 bridgehead atoms. The Morgan fingerprint density at radius 3 is 2.69 bits per heavy atom. The van der Waals surface area contributed by atoms with E-state index in [4.69, 9.17) is 10.00 Å². The van der Waals surface area contributed by atoms with Crippen LogP contribution in [0, 0.1) is 17.2 Å². The van der Waals surface area contributed by atoms with Gasteiger partial charge in [0.2, 0.25) is 0 Å². The molecule has 2 aliphatic rings.